The van der Waals surface area contributed by atoms with Gasteiger partial charge in [0, 0.05) is 0 Å². The van der Waals surface area contributed by atoms with Crippen LogP contribution in [0.3, 0.4) is 0 Å². The van der Waals surface area contributed by atoms with Crippen LogP contribution in [0.15, 0.2) is 12.7 Å². The monoisotopic (exact) mass is 155 g/mol. The molecule has 1 amide bonds. The molecule has 0 N–H and O–H groups in total. The van der Waals surface area contributed by atoms with Crippen LogP contribution in [-0.4, -0.2) is 36.5 Å². The SMILES string of the molecule is C=CC(=O)N1CCOC(=O)C1. The summed E-state index contributed by atoms with van der Waals surface area (Å²) in [7, 11) is 0. The van der Waals surface area contributed by atoms with Gasteiger partial charge in [-0.05, 0) is 6.08 Å². The minimum Gasteiger partial charge on any atom is -0.462 e. The van der Waals surface area contributed by atoms with E-state index < -0.39 is 0 Å². The van der Waals surface area contributed by atoms with Crippen molar-refractivity contribution in [2.24, 2.45) is 0 Å². The predicted octanol–water partition coefficient (Wildman–Crippen LogP) is -0.442. The number of nitrogens with zero attached hydrogens (tertiary/aromatic N) is 1. The van der Waals surface area contributed by atoms with Gasteiger partial charge in [-0.25, -0.2) is 0 Å². The van der Waals surface area contributed by atoms with E-state index in [9.17, 15) is 9.59 Å². The maximum Gasteiger partial charge on any atom is 0.325 e. The van der Waals surface area contributed by atoms with Crippen LogP contribution in [-0.2, 0) is 14.3 Å². The van der Waals surface area contributed by atoms with Crippen molar-refractivity contribution in [3.8, 4) is 0 Å². The minimum absolute atomic E-state index is 0.0465. The summed E-state index contributed by atoms with van der Waals surface area (Å²) in [6.07, 6.45) is 1.19. The molecule has 60 valence electrons. The number of carbonyl (C=O) groups excluding carboxylic acids is 2. The van der Waals surface area contributed by atoms with Crippen molar-refractivity contribution in [2.75, 3.05) is 19.7 Å². The standard InChI is InChI=1S/C7H9NO3/c1-2-6(9)8-3-4-11-7(10)5-8/h2H,1,3-5H2. The average Bonchev–Trinajstić information content (AvgIpc) is 2.03. The van der Waals surface area contributed by atoms with Gasteiger partial charge in [-0.3, -0.25) is 9.59 Å². The van der Waals surface area contributed by atoms with E-state index in [1.54, 1.807) is 0 Å². The Labute approximate surface area is 64.4 Å². The summed E-state index contributed by atoms with van der Waals surface area (Å²) < 4.78 is 4.64. The molecular formula is C7H9NO3. The first-order chi connectivity index (χ1) is 5.24. The van der Waals surface area contributed by atoms with Gasteiger partial charge in [0.05, 0.1) is 6.54 Å². The molecule has 1 heterocycles. The van der Waals surface area contributed by atoms with Crippen molar-refractivity contribution in [1.82, 2.24) is 4.90 Å². The molecule has 0 bridgehead atoms. The second-order valence-corrected chi connectivity index (χ2v) is 2.18. The molecule has 0 spiro atoms. The molecule has 1 rings (SSSR count). The normalized spacial score (nSPS) is 17.5. The van der Waals surface area contributed by atoms with Crippen LogP contribution >= 0.6 is 0 Å². The molecule has 0 aromatic heterocycles. The lowest BCUT2D eigenvalue weighted by atomic mass is 10.4. The quantitative estimate of drug-likeness (QED) is 0.381. The van der Waals surface area contributed by atoms with Gasteiger partial charge in [0.25, 0.3) is 0 Å². The zero-order chi connectivity index (χ0) is 8.27. The van der Waals surface area contributed by atoms with Gasteiger partial charge >= 0.3 is 5.97 Å². The first-order valence-electron chi connectivity index (χ1n) is 3.31. The van der Waals surface area contributed by atoms with Crippen molar-refractivity contribution >= 4 is 11.9 Å². The summed E-state index contributed by atoms with van der Waals surface area (Å²) in [6, 6.07) is 0. The van der Waals surface area contributed by atoms with Crippen LogP contribution in [0.25, 0.3) is 0 Å². The van der Waals surface area contributed by atoms with Crippen LogP contribution in [0.2, 0.25) is 0 Å². The van der Waals surface area contributed by atoms with Crippen LogP contribution < -0.4 is 0 Å². The van der Waals surface area contributed by atoms with Gasteiger partial charge in [-0.2, -0.15) is 0 Å². The van der Waals surface area contributed by atoms with Crippen molar-refractivity contribution in [3.05, 3.63) is 12.7 Å². The average molecular weight is 155 g/mol. The molecule has 1 aliphatic rings. The zero-order valence-electron chi connectivity index (χ0n) is 6.08. The van der Waals surface area contributed by atoms with Gasteiger partial charge in [-0.1, -0.05) is 6.58 Å². The second-order valence-electron chi connectivity index (χ2n) is 2.18. The number of carbonyl (C=O) groups is 2. The van der Waals surface area contributed by atoms with Gasteiger partial charge < -0.3 is 9.64 Å². The number of ether oxygens (including phenoxy) is 1. The molecule has 0 radical (unpaired) electrons. The lowest BCUT2D eigenvalue weighted by molar-refractivity contribution is -0.154. The maximum absolute atomic E-state index is 10.9. The van der Waals surface area contributed by atoms with E-state index in [1.807, 2.05) is 0 Å². The molecule has 0 unspecified atom stereocenters. The minimum atomic E-state index is -0.355. The van der Waals surface area contributed by atoms with E-state index in [0.717, 1.165) is 0 Å². The summed E-state index contributed by atoms with van der Waals surface area (Å²) in [5.41, 5.74) is 0. The summed E-state index contributed by atoms with van der Waals surface area (Å²) in [6.45, 7) is 4.12. The third-order valence-corrected chi connectivity index (χ3v) is 1.43. The molecule has 1 aliphatic heterocycles. The number of cyclic esters (lactones) is 1. The summed E-state index contributed by atoms with van der Waals surface area (Å²) in [5, 5.41) is 0. The van der Waals surface area contributed by atoms with Crippen molar-refractivity contribution < 1.29 is 14.3 Å². The van der Waals surface area contributed by atoms with Crippen molar-refractivity contribution in [2.45, 2.75) is 0 Å². The predicted molar refractivity (Wildman–Crippen MR) is 37.7 cm³/mol. The molecule has 1 saturated heterocycles. The van der Waals surface area contributed by atoms with E-state index in [2.05, 4.69) is 11.3 Å². The fourth-order valence-corrected chi connectivity index (χ4v) is 0.867. The summed E-state index contributed by atoms with van der Waals surface area (Å²) >= 11 is 0. The fraction of sp³-hybridized carbons (Fsp3) is 0.429. The topological polar surface area (TPSA) is 46.6 Å². The van der Waals surface area contributed by atoms with E-state index >= 15 is 0 Å². The highest BCUT2D eigenvalue weighted by Gasteiger charge is 2.19. The molecule has 11 heavy (non-hydrogen) atoms. The Morgan fingerprint density at radius 1 is 1.73 bits per heavy atom. The van der Waals surface area contributed by atoms with Crippen molar-refractivity contribution in [3.63, 3.8) is 0 Å². The number of esters is 1. The molecule has 4 nitrogen and oxygen atoms in total. The molecule has 0 atom stereocenters. The molecule has 0 aliphatic carbocycles. The first kappa shape index (κ1) is 7.78. The van der Waals surface area contributed by atoms with E-state index in [0.29, 0.717) is 13.2 Å². The number of hydrogen-bond acceptors (Lipinski definition) is 3. The Morgan fingerprint density at radius 3 is 3.00 bits per heavy atom. The smallest absolute Gasteiger partial charge is 0.325 e. The molecule has 4 heteroatoms. The first-order valence-corrected chi connectivity index (χ1v) is 3.31. The molecule has 1 fully saturated rings. The number of morpholine rings is 1. The molecule has 0 aromatic rings. The van der Waals surface area contributed by atoms with E-state index in [1.165, 1.54) is 11.0 Å². The third-order valence-electron chi connectivity index (χ3n) is 1.43. The summed E-state index contributed by atoms with van der Waals surface area (Å²) in [5.74, 6) is -0.576. The maximum atomic E-state index is 10.9. The molecular weight excluding hydrogens is 146 g/mol. The zero-order valence-corrected chi connectivity index (χ0v) is 6.08. The Kier molecular flexibility index (Phi) is 2.25. The lowest BCUT2D eigenvalue weighted by Crippen LogP contribution is -2.42. The van der Waals surface area contributed by atoms with Crippen LogP contribution in [0, 0.1) is 0 Å². The second kappa shape index (κ2) is 3.18. The van der Waals surface area contributed by atoms with Crippen LogP contribution in [0.5, 0.6) is 0 Å². The largest absolute Gasteiger partial charge is 0.462 e. The Bertz CT molecular complexity index is 200. The molecule has 0 saturated carbocycles. The third kappa shape index (κ3) is 1.80. The number of rotatable bonds is 1. The lowest BCUT2D eigenvalue weighted by Gasteiger charge is -2.24. The Hall–Kier alpha value is -1.32. The van der Waals surface area contributed by atoms with Gasteiger partial charge in [0.15, 0.2) is 0 Å². The summed E-state index contributed by atoms with van der Waals surface area (Å²) in [4.78, 5) is 23.0. The van der Waals surface area contributed by atoms with Gasteiger partial charge in [0.1, 0.15) is 13.2 Å². The number of amides is 1. The fourth-order valence-electron chi connectivity index (χ4n) is 0.867. The Balaban J connectivity index is 2.52. The highest BCUT2D eigenvalue weighted by atomic mass is 16.5. The van der Waals surface area contributed by atoms with Crippen LogP contribution in [0.4, 0.5) is 0 Å². The Morgan fingerprint density at radius 2 is 2.45 bits per heavy atom. The molecule has 0 aromatic carbocycles. The van der Waals surface area contributed by atoms with Gasteiger partial charge in [-0.15, -0.1) is 0 Å². The van der Waals surface area contributed by atoms with E-state index in [-0.39, 0.29) is 18.4 Å². The van der Waals surface area contributed by atoms with Crippen molar-refractivity contribution in [1.29, 1.82) is 0 Å². The highest BCUT2D eigenvalue weighted by molar-refractivity contribution is 5.90. The van der Waals surface area contributed by atoms with Crippen LogP contribution in [0.1, 0.15) is 0 Å². The van der Waals surface area contributed by atoms with Gasteiger partial charge in [0.2, 0.25) is 5.91 Å². The number of hydrogen-bond donors (Lipinski definition) is 0. The van der Waals surface area contributed by atoms with E-state index in [4.69, 9.17) is 0 Å². The highest BCUT2D eigenvalue weighted by Crippen LogP contribution is 1.98.